The summed E-state index contributed by atoms with van der Waals surface area (Å²) >= 11 is 0. The van der Waals surface area contributed by atoms with Crippen LogP contribution in [0.2, 0.25) is 0 Å². The van der Waals surface area contributed by atoms with E-state index in [4.69, 9.17) is 8.94 Å². The number of sulfonamides is 1. The molecule has 0 aliphatic carbocycles. The van der Waals surface area contributed by atoms with Gasteiger partial charge in [0.15, 0.2) is 0 Å². The molecule has 4 rings (SSSR count). The molecule has 0 N–H and O–H groups in total. The standard InChI is InChI=1S/C20H21N3O4S/c1-15-10-12-23(13-11-15)28(24,25)18-7-4-16(5-8-18)20-21-19(27-22-20)9-6-17-3-2-14-26-17/h2-9,14-15H,10-13H2,1H3/b9-6+. The van der Waals surface area contributed by atoms with Gasteiger partial charge >= 0.3 is 0 Å². The van der Waals surface area contributed by atoms with Crippen molar-refractivity contribution in [1.29, 1.82) is 0 Å². The summed E-state index contributed by atoms with van der Waals surface area (Å²) in [4.78, 5) is 4.59. The molecule has 28 heavy (non-hydrogen) atoms. The molecular formula is C20H21N3O4S. The van der Waals surface area contributed by atoms with Crippen molar-refractivity contribution in [2.75, 3.05) is 13.1 Å². The van der Waals surface area contributed by atoms with Gasteiger partial charge in [-0.05, 0) is 61.2 Å². The molecule has 1 saturated heterocycles. The largest absolute Gasteiger partial charge is 0.465 e. The molecule has 3 aromatic rings. The van der Waals surface area contributed by atoms with Gasteiger partial charge in [-0.25, -0.2) is 8.42 Å². The Labute approximate surface area is 163 Å². The second-order valence-corrected chi connectivity index (χ2v) is 8.85. The molecule has 1 aromatic carbocycles. The summed E-state index contributed by atoms with van der Waals surface area (Å²) in [7, 11) is -3.47. The summed E-state index contributed by atoms with van der Waals surface area (Å²) in [5.74, 6) is 1.99. The van der Waals surface area contributed by atoms with E-state index in [1.54, 1.807) is 53.1 Å². The first-order valence-electron chi connectivity index (χ1n) is 9.18. The molecule has 0 bridgehead atoms. The van der Waals surface area contributed by atoms with E-state index >= 15 is 0 Å². The SMILES string of the molecule is CC1CCN(S(=O)(=O)c2ccc(-c3noc(/C=C/c4ccco4)n3)cc2)CC1. The molecule has 0 saturated carbocycles. The minimum atomic E-state index is -3.47. The molecule has 0 amide bonds. The maximum Gasteiger partial charge on any atom is 0.251 e. The van der Waals surface area contributed by atoms with Crippen LogP contribution in [-0.4, -0.2) is 36.0 Å². The van der Waals surface area contributed by atoms with Crippen LogP contribution in [0.5, 0.6) is 0 Å². The van der Waals surface area contributed by atoms with Crippen molar-refractivity contribution >= 4 is 22.2 Å². The highest BCUT2D eigenvalue weighted by Crippen LogP contribution is 2.25. The molecule has 146 valence electrons. The van der Waals surface area contributed by atoms with Gasteiger partial charge in [-0.1, -0.05) is 12.1 Å². The number of nitrogens with zero attached hydrogens (tertiary/aromatic N) is 3. The van der Waals surface area contributed by atoms with Gasteiger partial charge in [0, 0.05) is 24.7 Å². The fourth-order valence-electron chi connectivity index (χ4n) is 3.11. The lowest BCUT2D eigenvalue weighted by Gasteiger charge is -2.29. The van der Waals surface area contributed by atoms with Crippen LogP contribution < -0.4 is 0 Å². The Morgan fingerprint density at radius 2 is 1.86 bits per heavy atom. The van der Waals surface area contributed by atoms with Crippen LogP contribution in [0.3, 0.4) is 0 Å². The van der Waals surface area contributed by atoms with Crippen LogP contribution in [0.25, 0.3) is 23.5 Å². The normalized spacial score (nSPS) is 16.8. The van der Waals surface area contributed by atoms with Crippen molar-refractivity contribution in [1.82, 2.24) is 14.4 Å². The van der Waals surface area contributed by atoms with E-state index in [-0.39, 0.29) is 4.90 Å². The van der Waals surface area contributed by atoms with E-state index in [0.717, 1.165) is 12.8 Å². The van der Waals surface area contributed by atoms with Crippen molar-refractivity contribution in [3.63, 3.8) is 0 Å². The van der Waals surface area contributed by atoms with E-state index < -0.39 is 10.0 Å². The molecule has 1 fully saturated rings. The Hall–Kier alpha value is -2.71. The Kier molecular flexibility index (Phi) is 5.15. The van der Waals surface area contributed by atoms with E-state index in [1.807, 2.05) is 6.07 Å². The third-order valence-corrected chi connectivity index (χ3v) is 6.78. The zero-order chi connectivity index (χ0) is 19.6. The van der Waals surface area contributed by atoms with Crippen molar-refractivity contribution in [2.24, 2.45) is 5.92 Å². The monoisotopic (exact) mass is 399 g/mol. The highest BCUT2D eigenvalue weighted by Gasteiger charge is 2.28. The minimum absolute atomic E-state index is 0.284. The van der Waals surface area contributed by atoms with Gasteiger partial charge in [-0.15, -0.1) is 0 Å². The van der Waals surface area contributed by atoms with Gasteiger partial charge < -0.3 is 8.94 Å². The summed E-state index contributed by atoms with van der Waals surface area (Å²) < 4.78 is 37.6. The van der Waals surface area contributed by atoms with Gasteiger partial charge in [-0.3, -0.25) is 0 Å². The smallest absolute Gasteiger partial charge is 0.251 e. The highest BCUT2D eigenvalue weighted by atomic mass is 32.2. The number of piperidine rings is 1. The topological polar surface area (TPSA) is 89.4 Å². The molecule has 0 radical (unpaired) electrons. The van der Waals surface area contributed by atoms with Crippen LogP contribution in [0.1, 0.15) is 31.4 Å². The first kappa shape index (κ1) is 18.6. The molecule has 1 aliphatic rings. The molecular weight excluding hydrogens is 378 g/mol. The molecule has 7 nitrogen and oxygen atoms in total. The summed E-state index contributed by atoms with van der Waals surface area (Å²) in [5, 5.41) is 3.95. The quantitative estimate of drug-likeness (QED) is 0.646. The average molecular weight is 399 g/mol. The fraction of sp³-hybridized carbons (Fsp3) is 0.300. The third-order valence-electron chi connectivity index (χ3n) is 4.87. The van der Waals surface area contributed by atoms with Gasteiger partial charge in [-0.2, -0.15) is 9.29 Å². The highest BCUT2D eigenvalue weighted by molar-refractivity contribution is 7.89. The number of furan rings is 1. The lowest BCUT2D eigenvalue weighted by Crippen LogP contribution is -2.37. The van der Waals surface area contributed by atoms with E-state index in [9.17, 15) is 8.42 Å². The molecule has 1 aliphatic heterocycles. The molecule has 3 heterocycles. The van der Waals surface area contributed by atoms with Crippen molar-refractivity contribution in [3.05, 3.63) is 54.3 Å². The van der Waals surface area contributed by atoms with Crippen molar-refractivity contribution in [2.45, 2.75) is 24.7 Å². The summed E-state index contributed by atoms with van der Waals surface area (Å²) in [5.41, 5.74) is 0.688. The molecule has 8 heteroatoms. The minimum Gasteiger partial charge on any atom is -0.465 e. The number of benzene rings is 1. The van der Waals surface area contributed by atoms with Gasteiger partial charge in [0.05, 0.1) is 11.2 Å². The Morgan fingerprint density at radius 3 is 2.54 bits per heavy atom. The van der Waals surface area contributed by atoms with Crippen LogP contribution in [0.15, 0.2) is 56.5 Å². The molecule has 0 spiro atoms. The third kappa shape index (κ3) is 3.93. The lowest BCUT2D eigenvalue weighted by atomic mass is 10.0. The maximum absolute atomic E-state index is 12.8. The fourth-order valence-corrected chi connectivity index (χ4v) is 4.58. The van der Waals surface area contributed by atoms with Crippen LogP contribution in [0, 0.1) is 5.92 Å². The average Bonchev–Trinajstić information content (AvgIpc) is 3.39. The molecule has 0 atom stereocenters. The number of rotatable bonds is 5. The van der Waals surface area contributed by atoms with E-state index in [2.05, 4.69) is 17.1 Å². The zero-order valence-electron chi connectivity index (χ0n) is 15.5. The lowest BCUT2D eigenvalue weighted by molar-refractivity contribution is 0.288. The van der Waals surface area contributed by atoms with Gasteiger partial charge in [0.25, 0.3) is 5.89 Å². The number of hydrogen-bond acceptors (Lipinski definition) is 6. The number of aromatic nitrogens is 2. The van der Waals surface area contributed by atoms with E-state index in [0.29, 0.717) is 42.0 Å². The van der Waals surface area contributed by atoms with Gasteiger partial charge in [0.2, 0.25) is 15.8 Å². The molecule has 2 aromatic heterocycles. The Morgan fingerprint density at radius 1 is 1.11 bits per heavy atom. The predicted octanol–water partition coefficient (Wildman–Crippen LogP) is 3.92. The zero-order valence-corrected chi connectivity index (χ0v) is 16.3. The predicted molar refractivity (Wildman–Crippen MR) is 105 cm³/mol. The van der Waals surface area contributed by atoms with Crippen LogP contribution in [-0.2, 0) is 10.0 Å². The summed E-state index contributed by atoms with van der Waals surface area (Å²) in [6.45, 7) is 3.30. The van der Waals surface area contributed by atoms with Crippen molar-refractivity contribution in [3.8, 4) is 11.4 Å². The first-order valence-corrected chi connectivity index (χ1v) is 10.6. The van der Waals surface area contributed by atoms with Crippen LogP contribution in [0.4, 0.5) is 0 Å². The molecule has 0 unspecified atom stereocenters. The number of hydrogen-bond donors (Lipinski definition) is 0. The summed E-state index contributed by atoms with van der Waals surface area (Å²) in [6, 6.07) is 10.2. The Bertz CT molecular complexity index is 1050. The summed E-state index contributed by atoms with van der Waals surface area (Å²) in [6.07, 6.45) is 6.76. The Balaban J connectivity index is 1.49. The first-order chi connectivity index (χ1) is 13.5. The van der Waals surface area contributed by atoms with Crippen LogP contribution >= 0.6 is 0 Å². The maximum atomic E-state index is 12.8. The van der Waals surface area contributed by atoms with Crippen molar-refractivity contribution < 1.29 is 17.4 Å². The van der Waals surface area contributed by atoms with E-state index in [1.165, 1.54) is 0 Å². The second-order valence-electron chi connectivity index (χ2n) is 6.92. The second kappa shape index (κ2) is 7.73. The van der Waals surface area contributed by atoms with Gasteiger partial charge in [0.1, 0.15) is 5.76 Å².